The van der Waals surface area contributed by atoms with Crippen molar-refractivity contribution < 1.29 is 9.87 Å². The Bertz CT molecular complexity index is 356. The summed E-state index contributed by atoms with van der Waals surface area (Å²) in [6.45, 7) is 0. The van der Waals surface area contributed by atoms with E-state index >= 15 is 0 Å². The number of nitrogens with zero attached hydrogens (tertiary/aromatic N) is 1. The summed E-state index contributed by atoms with van der Waals surface area (Å²) in [6, 6.07) is 8.08. The molecule has 3 N–H and O–H groups in total. The summed E-state index contributed by atoms with van der Waals surface area (Å²) in [7, 11) is 0. The molecule has 0 bridgehead atoms. The van der Waals surface area contributed by atoms with E-state index in [1.165, 1.54) is 12.1 Å². The summed E-state index contributed by atoms with van der Waals surface area (Å²) in [5.41, 5.74) is 1.74. The Morgan fingerprint density at radius 3 is 2.31 bits per heavy atom. The lowest BCUT2D eigenvalue weighted by atomic mass is 10.1. The Hall–Kier alpha value is -1.68. The van der Waals surface area contributed by atoms with Gasteiger partial charge in [0.1, 0.15) is 5.82 Å². The maximum atomic E-state index is 12.5. The molecule has 0 unspecified atom stereocenters. The highest BCUT2D eigenvalue weighted by atomic mass is 19.1. The van der Waals surface area contributed by atoms with Crippen LogP contribution < -0.4 is 0 Å². The van der Waals surface area contributed by atoms with E-state index in [1.807, 2.05) is 6.07 Å². The molecule has 0 saturated carbocycles. The van der Waals surface area contributed by atoms with Crippen molar-refractivity contribution in [2.45, 2.75) is 0 Å². The predicted octanol–water partition coefficient (Wildman–Crippen LogP) is 1.39. The van der Waals surface area contributed by atoms with E-state index in [1.54, 1.807) is 18.3 Å². The van der Waals surface area contributed by atoms with Crippen LogP contribution in [-0.2, 0) is 0 Å². The van der Waals surface area contributed by atoms with Gasteiger partial charge in [-0.05, 0) is 30.3 Å². The third-order valence-electron chi connectivity index (χ3n) is 1.64. The SMILES string of the molecule is Fc1ccc(-c2cc[nH]n2)cc1.O. The monoisotopic (exact) mass is 180 g/mol. The van der Waals surface area contributed by atoms with Gasteiger partial charge in [-0.25, -0.2) is 4.39 Å². The molecule has 2 aromatic rings. The van der Waals surface area contributed by atoms with Crippen molar-refractivity contribution in [3.8, 4) is 11.3 Å². The standard InChI is InChI=1S/C9H7FN2.H2O/c10-8-3-1-7(2-4-8)9-5-6-11-12-9;/h1-6H,(H,11,12);1H2. The second-order valence-corrected chi connectivity index (χ2v) is 2.47. The largest absolute Gasteiger partial charge is 0.412 e. The molecule has 0 aliphatic rings. The van der Waals surface area contributed by atoms with Crippen LogP contribution in [0.4, 0.5) is 4.39 Å². The summed E-state index contributed by atoms with van der Waals surface area (Å²) in [6.07, 6.45) is 1.73. The summed E-state index contributed by atoms with van der Waals surface area (Å²) < 4.78 is 12.5. The Labute approximate surface area is 74.5 Å². The van der Waals surface area contributed by atoms with Crippen LogP contribution in [0.3, 0.4) is 0 Å². The van der Waals surface area contributed by atoms with Crippen LogP contribution in [0.15, 0.2) is 36.5 Å². The molecule has 0 radical (unpaired) electrons. The fourth-order valence-corrected chi connectivity index (χ4v) is 1.04. The van der Waals surface area contributed by atoms with E-state index in [0.717, 1.165) is 11.3 Å². The van der Waals surface area contributed by atoms with Crippen molar-refractivity contribution >= 4 is 0 Å². The number of H-pyrrole nitrogens is 1. The first-order valence-electron chi connectivity index (χ1n) is 3.62. The molecule has 2 rings (SSSR count). The maximum Gasteiger partial charge on any atom is 0.123 e. The smallest absolute Gasteiger partial charge is 0.123 e. The normalized spacial score (nSPS) is 9.31. The lowest BCUT2D eigenvalue weighted by molar-refractivity contribution is 0.628. The number of rotatable bonds is 1. The highest BCUT2D eigenvalue weighted by Gasteiger charge is 1.97. The highest BCUT2D eigenvalue weighted by molar-refractivity contribution is 5.57. The first-order chi connectivity index (χ1) is 5.86. The predicted molar refractivity (Wildman–Crippen MR) is 47.6 cm³/mol. The van der Waals surface area contributed by atoms with Crippen LogP contribution in [0.25, 0.3) is 11.3 Å². The van der Waals surface area contributed by atoms with E-state index in [4.69, 9.17) is 0 Å². The molecule has 3 nitrogen and oxygen atoms in total. The molecule has 0 fully saturated rings. The fraction of sp³-hybridized carbons (Fsp3) is 0. The van der Waals surface area contributed by atoms with Gasteiger partial charge in [-0.15, -0.1) is 0 Å². The second-order valence-electron chi connectivity index (χ2n) is 2.47. The van der Waals surface area contributed by atoms with Crippen LogP contribution in [0.5, 0.6) is 0 Å². The van der Waals surface area contributed by atoms with Gasteiger partial charge in [0.2, 0.25) is 0 Å². The number of benzene rings is 1. The first kappa shape index (κ1) is 9.41. The number of aromatic nitrogens is 2. The average Bonchev–Trinajstić information content (AvgIpc) is 2.58. The molecule has 0 atom stereocenters. The molecule has 0 amide bonds. The molecule has 13 heavy (non-hydrogen) atoms. The Balaban J connectivity index is 0.000000845. The van der Waals surface area contributed by atoms with E-state index in [0.29, 0.717) is 0 Å². The number of halogens is 1. The molecule has 0 saturated heterocycles. The summed E-state index contributed by atoms with van der Waals surface area (Å²) in [4.78, 5) is 0. The second kappa shape index (κ2) is 3.82. The molecule has 1 aromatic carbocycles. The molecule has 0 aliphatic carbocycles. The van der Waals surface area contributed by atoms with E-state index in [2.05, 4.69) is 10.2 Å². The molecule has 1 aromatic heterocycles. The van der Waals surface area contributed by atoms with Crippen LogP contribution in [0.2, 0.25) is 0 Å². The van der Waals surface area contributed by atoms with Gasteiger partial charge in [-0.3, -0.25) is 5.10 Å². The van der Waals surface area contributed by atoms with Crippen molar-refractivity contribution in [3.63, 3.8) is 0 Å². The lowest BCUT2D eigenvalue weighted by Gasteiger charge is -1.93. The van der Waals surface area contributed by atoms with E-state index in [-0.39, 0.29) is 11.3 Å². The van der Waals surface area contributed by atoms with Gasteiger partial charge < -0.3 is 5.48 Å². The zero-order valence-electron chi connectivity index (χ0n) is 6.79. The third kappa shape index (κ3) is 1.91. The fourth-order valence-electron chi connectivity index (χ4n) is 1.04. The Morgan fingerprint density at radius 2 is 1.77 bits per heavy atom. The van der Waals surface area contributed by atoms with Crippen LogP contribution in [0.1, 0.15) is 0 Å². The van der Waals surface area contributed by atoms with E-state index < -0.39 is 0 Å². The van der Waals surface area contributed by atoms with E-state index in [9.17, 15) is 4.39 Å². The first-order valence-corrected chi connectivity index (χ1v) is 3.62. The minimum atomic E-state index is -0.228. The molecule has 0 spiro atoms. The van der Waals surface area contributed by atoms with Crippen molar-refractivity contribution in [2.24, 2.45) is 0 Å². The number of hydrogen-bond donors (Lipinski definition) is 1. The zero-order chi connectivity index (χ0) is 8.39. The summed E-state index contributed by atoms with van der Waals surface area (Å²) >= 11 is 0. The number of hydrogen-bond acceptors (Lipinski definition) is 1. The van der Waals surface area contributed by atoms with Crippen LogP contribution in [0, 0.1) is 5.82 Å². The van der Waals surface area contributed by atoms with Gasteiger partial charge in [-0.2, -0.15) is 5.10 Å². The average molecular weight is 180 g/mol. The Kier molecular flexibility index (Phi) is 2.76. The number of nitrogens with one attached hydrogen (secondary N) is 1. The van der Waals surface area contributed by atoms with Crippen molar-refractivity contribution in [1.29, 1.82) is 0 Å². The van der Waals surface area contributed by atoms with Crippen molar-refractivity contribution in [1.82, 2.24) is 10.2 Å². The van der Waals surface area contributed by atoms with Crippen molar-refractivity contribution in [2.75, 3.05) is 0 Å². The van der Waals surface area contributed by atoms with Gasteiger partial charge in [-0.1, -0.05) is 0 Å². The van der Waals surface area contributed by atoms with Crippen LogP contribution >= 0.6 is 0 Å². The molecule has 1 heterocycles. The summed E-state index contributed by atoms with van der Waals surface area (Å²) in [5, 5.41) is 6.67. The highest BCUT2D eigenvalue weighted by Crippen LogP contribution is 2.15. The molecule has 4 heteroatoms. The lowest BCUT2D eigenvalue weighted by Crippen LogP contribution is -1.78. The van der Waals surface area contributed by atoms with Crippen molar-refractivity contribution in [3.05, 3.63) is 42.3 Å². The van der Waals surface area contributed by atoms with Gasteiger partial charge >= 0.3 is 0 Å². The zero-order valence-corrected chi connectivity index (χ0v) is 6.79. The van der Waals surface area contributed by atoms with Gasteiger partial charge in [0, 0.05) is 11.8 Å². The number of aromatic amines is 1. The molecule has 0 aliphatic heterocycles. The topological polar surface area (TPSA) is 60.2 Å². The molecular weight excluding hydrogens is 171 g/mol. The third-order valence-corrected chi connectivity index (χ3v) is 1.64. The molecular formula is C9H9FN2O. The minimum Gasteiger partial charge on any atom is -0.412 e. The van der Waals surface area contributed by atoms with Gasteiger partial charge in [0.15, 0.2) is 0 Å². The van der Waals surface area contributed by atoms with Gasteiger partial charge in [0.05, 0.1) is 5.69 Å². The van der Waals surface area contributed by atoms with Gasteiger partial charge in [0.25, 0.3) is 0 Å². The maximum absolute atomic E-state index is 12.5. The summed E-state index contributed by atoms with van der Waals surface area (Å²) in [5.74, 6) is -0.228. The minimum absolute atomic E-state index is 0. The quantitative estimate of drug-likeness (QED) is 0.708. The Morgan fingerprint density at radius 1 is 1.08 bits per heavy atom. The van der Waals surface area contributed by atoms with Crippen LogP contribution in [-0.4, -0.2) is 15.7 Å². The molecule has 68 valence electrons.